The maximum atomic E-state index is 6.17. The summed E-state index contributed by atoms with van der Waals surface area (Å²) in [7, 11) is 0. The Morgan fingerprint density at radius 3 is 2.86 bits per heavy atom. The van der Waals surface area contributed by atoms with E-state index in [0.717, 1.165) is 17.5 Å². The average Bonchev–Trinajstić information content (AvgIpc) is 2.45. The Bertz CT molecular complexity index is 341. The van der Waals surface area contributed by atoms with Crippen LogP contribution in [0.2, 0.25) is 5.15 Å². The van der Waals surface area contributed by atoms with Crippen LogP contribution in [0.1, 0.15) is 57.0 Å². The molecule has 0 spiro atoms. The maximum Gasteiger partial charge on any atom is 0.150 e. The van der Waals surface area contributed by atoms with E-state index in [9.17, 15) is 0 Å². The van der Waals surface area contributed by atoms with Crippen molar-refractivity contribution in [3.63, 3.8) is 0 Å². The molecule has 78 valence electrons. The van der Waals surface area contributed by atoms with E-state index in [2.05, 4.69) is 30.3 Å². The second-order valence-corrected chi connectivity index (χ2v) is 4.85. The molecule has 2 nitrogen and oxygen atoms in total. The van der Waals surface area contributed by atoms with E-state index in [1.54, 1.807) is 0 Å². The first-order valence-corrected chi connectivity index (χ1v) is 5.75. The van der Waals surface area contributed by atoms with Crippen molar-refractivity contribution in [3.05, 3.63) is 16.7 Å². The Labute approximate surface area is 90.3 Å². The van der Waals surface area contributed by atoms with Gasteiger partial charge in [0.2, 0.25) is 0 Å². The van der Waals surface area contributed by atoms with E-state index >= 15 is 0 Å². The zero-order valence-electron chi connectivity index (χ0n) is 9.05. The average molecular weight is 213 g/mol. The largest absolute Gasteiger partial charge is 0.330 e. The van der Waals surface area contributed by atoms with E-state index < -0.39 is 0 Å². The van der Waals surface area contributed by atoms with Crippen LogP contribution in [0.3, 0.4) is 0 Å². The number of aromatic nitrogens is 2. The lowest BCUT2D eigenvalue weighted by molar-refractivity contribution is 0.457. The van der Waals surface area contributed by atoms with Crippen molar-refractivity contribution in [2.24, 2.45) is 0 Å². The third kappa shape index (κ3) is 1.46. The predicted octanol–water partition coefficient (Wildman–Crippen LogP) is 3.56. The van der Waals surface area contributed by atoms with Crippen LogP contribution >= 0.6 is 11.6 Å². The van der Waals surface area contributed by atoms with Gasteiger partial charge in [-0.3, -0.25) is 0 Å². The second kappa shape index (κ2) is 3.58. The lowest BCUT2D eigenvalue weighted by Gasteiger charge is -2.23. The summed E-state index contributed by atoms with van der Waals surface area (Å²) in [6, 6.07) is 0. The Morgan fingerprint density at radius 1 is 1.50 bits per heavy atom. The number of imidazole rings is 1. The number of fused-ring (bicyclic) bond motifs is 1. The molecule has 1 aliphatic heterocycles. The van der Waals surface area contributed by atoms with E-state index in [-0.39, 0.29) is 0 Å². The second-order valence-electron chi connectivity index (χ2n) is 4.50. The van der Waals surface area contributed by atoms with Crippen molar-refractivity contribution in [2.75, 3.05) is 0 Å². The van der Waals surface area contributed by atoms with Gasteiger partial charge in [0.25, 0.3) is 0 Å². The molecule has 0 saturated carbocycles. The molecule has 1 unspecified atom stereocenters. The van der Waals surface area contributed by atoms with Crippen LogP contribution in [0, 0.1) is 0 Å². The summed E-state index contributed by atoms with van der Waals surface area (Å²) in [5, 5.41) is 0.723. The normalized spacial score (nSPS) is 21.4. The topological polar surface area (TPSA) is 17.8 Å². The Balaban J connectivity index is 2.52. The molecular formula is C11H17ClN2. The molecule has 0 saturated heterocycles. The summed E-state index contributed by atoms with van der Waals surface area (Å²) in [5.74, 6) is 2.18. The highest BCUT2D eigenvalue weighted by Crippen LogP contribution is 2.34. The Kier molecular flexibility index (Phi) is 2.56. The van der Waals surface area contributed by atoms with Crippen LogP contribution in [0.15, 0.2) is 0 Å². The standard InChI is InChI=1S/C11H17ClN2/c1-7(2)11-13-10(12)9-8(3)5-4-6-14(9)11/h7-8H,4-6H2,1-3H3. The van der Waals surface area contributed by atoms with E-state index in [0.29, 0.717) is 11.8 Å². The van der Waals surface area contributed by atoms with Gasteiger partial charge >= 0.3 is 0 Å². The third-order valence-corrected chi connectivity index (χ3v) is 3.27. The fraction of sp³-hybridized carbons (Fsp3) is 0.727. The molecule has 2 rings (SSSR count). The van der Waals surface area contributed by atoms with Crippen molar-refractivity contribution in [1.82, 2.24) is 9.55 Å². The summed E-state index contributed by atoms with van der Waals surface area (Å²) >= 11 is 6.17. The van der Waals surface area contributed by atoms with Crippen molar-refractivity contribution in [2.45, 2.75) is 52.0 Å². The van der Waals surface area contributed by atoms with Gasteiger partial charge in [0.1, 0.15) is 5.82 Å². The minimum absolute atomic E-state index is 0.464. The predicted molar refractivity (Wildman–Crippen MR) is 59.0 cm³/mol. The first-order valence-electron chi connectivity index (χ1n) is 5.37. The number of hydrogen-bond donors (Lipinski definition) is 0. The van der Waals surface area contributed by atoms with E-state index in [1.165, 1.54) is 18.5 Å². The molecule has 2 heterocycles. The van der Waals surface area contributed by atoms with Crippen LogP contribution in [0.25, 0.3) is 0 Å². The summed E-state index contributed by atoms with van der Waals surface area (Å²) in [6.07, 6.45) is 2.49. The minimum atomic E-state index is 0.464. The van der Waals surface area contributed by atoms with Gasteiger partial charge < -0.3 is 4.57 Å². The summed E-state index contributed by atoms with van der Waals surface area (Å²) in [6.45, 7) is 7.67. The monoisotopic (exact) mass is 212 g/mol. The van der Waals surface area contributed by atoms with Crippen molar-refractivity contribution in [1.29, 1.82) is 0 Å². The number of halogens is 1. The highest BCUT2D eigenvalue weighted by atomic mass is 35.5. The van der Waals surface area contributed by atoms with Crippen LogP contribution in [0.4, 0.5) is 0 Å². The molecule has 0 aromatic carbocycles. The van der Waals surface area contributed by atoms with Gasteiger partial charge in [-0.15, -0.1) is 0 Å². The fourth-order valence-corrected chi connectivity index (χ4v) is 2.67. The minimum Gasteiger partial charge on any atom is -0.330 e. The van der Waals surface area contributed by atoms with Crippen molar-refractivity contribution >= 4 is 11.6 Å². The molecule has 0 fully saturated rings. The fourth-order valence-electron chi connectivity index (χ4n) is 2.29. The molecule has 0 radical (unpaired) electrons. The lowest BCUT2D eigenvalue weighted by atomic mass is 9.98. The van der Waals surface area contributed by atoms with Gasteiger partial charge in [-0.05, 0) is 18.8 Å². The quantitative estimate of drug-likeness (QED) is 0.696. The molecule has 0 aliphatic carbocycles. The molecule has 14 heavy (non-hydrogen) atoms. The Morgan fingerprint density at radius 2 is 2.21 bits per heavy atom. The molecule has 0 bridgehead atoms. The Hall–Kier alpha value is -0.500. The van der Waals surface area contributed by atoms with Crippen molar-refractivity contribution < 1.29 is 0 Å². The van der Waals surface area contributed by atoms with Gasteiger partial charge in [0, 0.05) is 12.5 Å². The molecule has 0 amide bonds. The van der Waals surface area contributed by atoms with Crippen LogP contribution in [-0.4, -0.2) is 9.55 Å². The number of hydrogen-bond acceptors (Lipinski definition) is 1. The maximum absolute atomic E-state index is 6.17. The SMILES string of the molecule is CC(C)c1nc(Cl)c2n1CCCC2C. The summed E-state index contributed by atoms with van der Waals surface area (Å²) in [4.78, 5) is 4.47. The van der Waals surface area contributed by atoms with Crippen LogP contribution in [0.5, 0.6) is 0 Å². The molecule has 1 atom stereocenters. The summed E-state index contributed by atoms with van der Waals surface area (Å²) in [5.41, 5.74) is 1.25. The smallest absolute Gasteiger partial charge is 0.150 e. The van der Waals surface area contributed by atoms with Gasteiger partial charge in [0.15, 0.2) is 5.15 Å². The highest BCUT2D eigenvalue weighted by Gasteiger charge is 2.24. The zero-order chi connectivity index (χ0) is 10.3. The van der Waals surface area contributed by atoms with Crippen molar-refractivity contribution in [3.8, 4) is 0 Å². The van der Waals surface area contributed by atoms with Gasteiger partial charge in [0.05, 0.1) is 5.69 Å². The zero-order valence-corrected chi connectivity index (χ0v) is 9.80. The lowest BCUT2D eigenvalue weighted by Crippen LogP contribution is -2.16. The number of rotatable bonds is 1. The van der Waals surface area contributed by atoms with E-state index in [4.69, 9.17) is 11.6 Å². The molecule has 0 N–H and O–H groups in total. The van der Waals surface area contributed by atoms with Gasteiger partial charge in [-0.25, -0.2) is 4.98 Å². The van der Waals surface area contributed by atoms with Crippen LogP contribution in [-0.2, 0) is 6.54 Å². The number of nitrogens with zero attached hydrogens (tertiary/aromatic N) is 2. The molecule has 1 aliphatic rings. The third-order valence-electron chi connectivity index (χ3n) is 2.99. The molecular weight excluding hydrogens is 196 g/mol. The van der Waals surface area contributed by atoms with E-state index in [1.807, 2.05) is 0 Å². The summed E-state index contributed by atoms with van der Waals surface area (Å²) < 4.78 is 2.32. The van der Waals surface area contributed by atoms with Gasteiger partial charge in [-0.2, -0.15) is 0 Å². The first-order chi connectivity index (χ1) is 6.61. The highest BCUT2D eigenvalue weighted by molar-refractivity contribution is 6.30. The molecule has 1 aromatic heterocycles. The van der Waals surface area contributed by atoms with Crippen LogP contribution < -0.4 is 0 Å². The van der Waals surface area contributed by atoms with Gasteiger partial charge in [-0.1, -0.05) is 32.4 Å². The first kappa shape index (κ1) is 10.0. The molecule has 1 aromatic rings. The molecule has 3 heteroatoms.